The molecule has 10 nitrogen and oxygen atoms in total. The molecule has 0 aliphatic heterocycles. The Kier molecular flexibility index (Phi) is 8.06. The number of aromatic amines is 1. The number of nitrogens with one attached hydrogen (secondary N) is 1. The van der Waals surface area contributed by atoms with Gasteiger partial charge in [-0.25, -0.2) is 9.78 Å². The van der Waals surface area contributed by atoms with E-state index in [1.165, 1.54) is 4.57 Å². The summed E-state index contributed by atoms with van der Waals surface area (Å²) in [6.07, 6.45) is 0.584. The molecule has 0 saturated heterocycles. The average molecular weight is 589 g/mol. The third-order valence-electron chi connectivity index (χ3n) is 7.79. The molecule has 0 amide bonds. The van der Waals surface area contributed by atoms with E-state index in [2.05, 4.69) is 72.6 Å². The number of hydrogen-bond donors (Lipinski definition) is 1. The van der Waals surface area contributed by atoms with Crippen molar-refractivity contribution in [3.8, 4) is 22.5 Å². The summed E-state index contributed by atoms with van der Waals surface area (Å²) < 4.78 is 5.07. The molecule has 1 N–H and O–H groups in total. The fraction of sp³-hybridized carbons (Fsp3) is 0.294. The lowest BCUT2D eigenvalue weighted by Gasteiger charge is -2.15. The second kappa shape index (κ2) is 12.2. The topological polar surface area (TPSA) is 116 Å². The minimum absolute atomic E-state index is 0.0447. The van der Waals surface area contributed by atoms with Gasteiger partial charge in [-0.2, -0.15) is 5.21 Å². The van der Waals surface area contributed by atoms with Gasteiger partial charge in [-0.05, 0) is 39.8 Å². The van der Waals surface area contributed by atoms with Crippen LogP contribution in [0.2, 0.25) is 0 Å². The zero-order valence-corrected chi connectivity index (χ0v) is 25.4. The van der Waals surface area contributed by atoms with E-state index >= 15 is 0 Å². The van der Waals surface area contributed by atoms with Crippen LogP contribution in [-0.2, 0) is 26.1 Å². The van der Waals surface area contributed by atoms with Crippen molar-refractivity contribution in [2.24, 2.45) is 5.92 Å². The van der Waals surface area contributed by atoms with Gasteiger partial charge in [0.05, 0.1) is 0 Å². The van der Waals surface area contributed by atoms with Crippen LogP contribution in [0.4, 0.5) is 0 Å². The Bertz CT molecular complexity index is 2000. The van der Waals surface area contributed by atoms with Crippen molar-refractivity contribution in [1.82, 2.24) is 39.3 Å². The molecule has 0 spiro atoms. The molecule has 224 valence electrons. The van der Waals surface area contributed by atoms with E-state index in [1.807, 2.05) is 59.2 Å². The second-order valence-electron chi connectivity index (χ2n) is 11.8. The van der Waals surface area contributed by atoms with Gasteiger partial charge < -0.3 is 4.57 Å². The van der Waals surface area contributed by atoms with Crippen molar-refractivity contribution in [2.75, 3.05) is 0 Å². The minimum Gasteiger partial charge on any atom is -0.317 e. The first-order valence-corrected chi connectivity index (χ1v) is 15.0. The Hall–Kier alpha value is -5.12. The first-order chi connectivity index (χ1) is 21.3. The fourth-order valence-electron chi connectivity index (χ4n) is 5.70. The van der Waals surface area contributed by atoms with Crippen molar-refractivity contribution in [3.63, 3.8) is 0 Å². The zero-order chi connectivity index (χ0) is 30.8. The van der Waals surface area contributed by atoms with Crippen LogP contribution in [0.1, 0.15) is 50.6 Å². The number of aryl methyl sites for hydroxylation is 1. The summed E-state index contributed by atoms with van der Waals surface area (Å²) in [6, 6.07) is 26.1. The summed E-state index contributed by atoms with van der Waals surface area (Å²) in [5.41, 5.74) is 5.31. The standard InChI is InChI=1S/C34H36N8O2/c1-22(2)20-42-32-29(33(43)40(34(42)44)19-18-24-10-6-5-7-11-24)41(31(35-32)23(3)4)21-25-14-16-26(17-15-25)27-12-8-9-13-28(27)30-36-38-39-37-30/h5-17,22-23H,18-21H2,1-4H3,(H,36,37,38,39). The number of hydrogen-bond acceptors (Lipinski definition) is 6. The molecule has 6 rings (SSSR count). The Morgan fingerprint density at radius 1 is 0.773 bits per heavy atom. The van der Waals surface area contributed by atoms with E-state index in [9.17, 15) is 9.59 Å². The van der Waals surface area contributed by atoms with Gasteiger partial charge in [-0.1, -0.05) is 107 Å². The number of fused-ring (bicyclic) bond motifs is 1. The van der Waals surface area contributed by atoms with Crippen LogP contribution >= 0.6 is 0 Å². The van der Waals surface area contributed by atoms with E-state index in [0.29, 0.717) is 43.0 Å². The van der Waals surface area contributed by atoms with Crippen LogP contribution in [0.5, 0.6) is 0 Å². The Morgan fingerprint density at radius 2 is 1.48 bits per heavy atom. The summed E-state index contributed by atoms with van der Waals surface area (Å²) in [6.45, 7) is 9.48. The molecule has 44 heavy (non-hydrogen) atoms. The van der Waals surface area contributed by atoms with Gasteiger partial charge in [-0.15, -0.1) is 10.2 Å². The molecular formula is C34H36N8O2. The van der Waals surface area contributed by atoms with Gasteiger partial charge in [-0.3, -0.25) is 13.9 Å². The third kappa shape index (κ3) is 5.62. The maximum absolute atomic E-state index is 14.1. The number of tetrazole rings is 1. The quantitative estimate of drug-likeness (QED) is 0.233. The van der Waals surface area contributed by atoms with Crippen LogP contribution in [0.3, 0.4) is 0 Å². The Balaban J connectivity index is 1.43. The monoisotopic (exact) mass is 588 g/mol. The highest BCUT2D eigenvalue weighted by atomic mass is 16.2. The molecule has 3 aromatic carbocycles. The summed E-state index contributed by atoms with van der Waals surface area (Å²) >= 11 is 0. The summed E-state index contributed by atoms with van der Waals surface area (Å²) in [7, 11) is 0. The van der Waals surface area contributed by atoms with Gasteiger partial charge >= 0.3 is 5.69 Å². The van der Waals surface area contributed by atoms with E-state index < -0.39 is 0 Å². The van der Waals surface area contributed by atoms with E-state index in [-0.39, 0.29) is 23.1 Å². The SMILES string of the molecule is CC(C)Cn1c(=O)n(CCc2ccccc2)c(=O)c2c1nc(C(C)C)n2Cc1ccc(-c2ccccc2-c2nn[nH]n2)cc1. The fourth-order valence-corrected chi connectivity index (χ4v) is 5.70. The van der Waals surface area contributed by atoms with Gasteiger partial charge in [0, 0.05) is 31.1 Å². The maximum atomic E-state index is 14.1. The van der Waals surface area contributed by atoms with Gasteiger partial charge in [0.2, 0.25) is 5.82 Å². The van der Waals surface area contributed by atoms with Crippen molar-refractivity contribution in [2.45, 2.75) is 59.7 Å². The predicted molar refractivity (Wildman–Crippen MR) is 171 cm³/mol. The number of nitrogens with zero attached hydrogens (tertiary/aromatic N) is 7. The minimum atomic E-state index is -0.309. The first kappa shape index (κ1) is 29.0. The number of aromatic nitrogens is 8. The molecule has 0 aliphatic rings. The van der Waals surface area contributed by atoms with E-state index in [1.54, 1.807) is 4.57 Å². The van der Waals surface area contributed by atoms with E-state index in [4.69, 9.17) is 4.98 Å². The number of imidazole rings is 1. The van der Waals surface area contributed by atoms with Crippen LogP contribution in [0.25, 0.3) is 33.7 Å². The summed E-state index contributed by atoms with van der Waals surface area (Å²) in [5, 5.41) is 14.6. The lowest BCUT2D eigenvalue weighted by Crippen LogP contribution is -2.41. The second-order valence-corrected chi connectivity index (χ2v) is 11.8. The molecule has 3 heterocycles. The highest BCUT2D eigenvalue weighted by Gasteiger charge is 2.23. The summed E-state index contributed by atoms with van der Waals surface area (Å²) in [5.74, 6) is 1.56. The maximum Gasteiger partial charge on any atom is 0.332 e. The Labute approximate surface area is 255 Å². The normalized spacial score (nSPS) is 11.7. The molecule has 0 aliphatic carbocycles. The molecule has 3 aromatic heterocycles. The summed E-state index contributed by atoms with van der Waals surface area (Å²) in [4.78, 5) is 32.8. The van der Waals surface area contributed by atoms with Gasteiger partial charge in [0.15, 0.2) is 11.2 Å². The van der Waals surface area contributed by atoms with Gasteiger partial charge in [0.25, 0.3) is 5.56 Å². The first-order valence-electron chi connectivity index (χ1n) is 15.0. The third-order valence-corrected chi connectivity index (χ3v) is 7.79. The number of rotatable bonds is 10. The molecule has 6 aromatic rings. The van der Waals surface area contributed by atoms with Crippen molar-refractivity contribution < 1.29 is 0 Å². The predicted octanol–water partition coefficient (Wildman–Crippen LogP) is 5.28. The van der Waals surface area contributed by atoms with Crippen molar-refractivity contribution in [3.05, 3.63) is 117 Å². The van der Waals surface area contributed by atoms with Crippen LogP contribution in [0.15, 0.2) is 88.5 Å². The van der Waals surface area contributed by atoms with Crippen LogP contribution < -0.4 is 11.2 Å². The molecule has 10 heteroatoms. The number of benzene rings is 3. The number of H-pyrrole nitrogens is 1. The smallest absolute Gasteiger partial charge is 0.317 e. The zero-order valence-electron chi connectivity index (χ0n) is 25.4. The molecule has 0 atom stereocenters. The molecule has 0 radical (unpaired) electrons. The van der Waals surface area contributed by atoms with E-state index in [0.717, 1.165) is 33.6 Å². The highest BCUT2D eigenvalue weighted by molar-refractivity contribution is 5.80. The van der Waals surface area contributed by atoms with Crippen molar-refractivity contribution in [1.29, 1.82) is 0 Å². The molecule has 0 bridgehead atoms. The highest BCUT2D eigenvalue weighted by Crippen LogP contribution is 2.30. The largest absolute Gasteiger partial charge is 0.332 e. The molecular weight excluding hydrogens is 552 g/mol. The molecule has 0 saturated carbocycles. The molecule has 0 unspecified atom stereocenters. The lowest BCUT2D eigenvalue weighted by molar-refractivity contribution is 0.486. The van der Waals surface area contributed by atoms with Crippen LogP contribution in [0, 0.1) is 5.92 Å². The lowest BCUT2D eigenvalue weighted by atomic mass is 9.98. The van der Waals surface area contributed by atoms with Crippen molar-refractivity contribution >= 4 is 11.2 Å². The Morgan fingerprint density at radius 3 is 2.14 bits per heavy atom. The molecule has 0 fully saturated rings. The average Bonchev–Trinajstić information content (AvgIpc) is 3.69. The van der Waals surface area contributed by atoms with Gasteiger partial charge in [0.1, 0.15) is 5.82 Å². The van der Waals surface area contributed by atoms with Crippen LogP contribution in [-0.4, -0.2) is 39.3 Å².